The molecule has 1 fully saturated rings. The molecule has 0 bridgehead atoms. The van der Waals surface area contributed by atoms with E-state index >= 15 is 0 Å². The summed E-state index contributed by atoms with van der Waals surface area (Å²) in [5, 5.41) is 2.43. The number of aryl methyl sites for hydroxylation is 2. The van der Waals surface area contributed by atoms with E-state index in [2.05, 4.69) is 37.4 Å². The first-order valence-corrected chi connectivity index (χ1v) is 8.10. The lowest BCUT2D eigenvalue weighted by atomic mass is 10.1. The van der Waals surface area contributed by atoms with Crippen LogP contribution in [-0.2, 0) is 0 Å². The van der Waals surface area contributed by atoms with Gasteiger partial charge in [0.1, 0.15) is 31.9 Å². The van der Waals surface area contributed by atoms with E-state index in [4.69, 9.17) is 4.74 Å². The number of benzene rings is 1. The Balaban J connectivity index is 1.54. The molecule has 1 heterocycles. The van der Waals surface area contributed by atoms with Gasteiger partial charge in [0.15, 0.2) is 0 Å². The Hall–Kier alpha value is -1.06. The Kier molecular flexibility index (Phi) is 6.34. The Morgan fingerprint density at radius 3 is 2.40 bits per heavy atom. The lowest BCUT2D eigenvalue weighted by Gasteiger charge is -2.21. The van der Waals surface area contributed by atoms with Crippen LogP contribution in [0, 0.1) is 13.8 Å². The molecule has 0 aromatic heterocycles. The third-order valence-corrected chi connectivity index (χ3v) is 4.04. The summed E-state index contributed by atoms with van der Waals surface area (Å²) in [6.07, 6.45) is 3.80. The fourth-order valence-corrected chi connectivity index (χ4v) is 2.99. The summed E-state index contributed by atoms with van der Waals surface area (Å²) < 4.78 is 5.85. The molecule has 3 nitrogen and oxygen atoms in total. The SMILES string of the molecule is Cc1cc(C)cc(OCCCCC[NH+]2CC[NH2+]CC2)c1. The smallest absolute Gasteiger partial charge is 0.127 e. The van der Waals surface area contributed by atoms with Crippen molar-refractivity contribution < 1.29 is 15.0 Å². The molecule has 1 aromatic carbocycles. The molecule has 0 saturated carbocycles. The Morgan fingerprint density at radius 1 is 1.00 bits per heavy atom. The van der Waals surface area contributed by atoms with E-state index in [1.54, 1.807) is 4.90 Å². The van der Waals surface area contributed by atoms with Crippen molar-refractivity contribution in [3.05, 3.63) is 29.3 Å². The highest BCUT2D eigenvalue weighted by Crippen LogP contribution is 2.16. The van der Waals surface area contributed by atoms with Crippen LogP contribution in [0.15, 0.2) is 18.2 Å². The summed E-state index contributed by atoms with van der Waals surface area (Å²) in [5.41, 5.74) is 2.57. The average Bonchev–Trinajstić information content (AvgIpc) is 2.43. The fourth-order valence-electron chi connectivity index (χ4n) is 2.99. The predicted molar refractivity (Wildman–Crippen MR) is 82.5 cm³/mol. The van der Waals surface area contributed by atoms with Gasteiger partial charge in [-0.05, 0) is 56.4 Å². The monoisotopic (exact) mass is 278 g/mol. The van der Waals surface area contributed by atoms with Gasteiger partial charge in [-0.15, -0.1) is 0 Å². The second-order valence-corrected chi connectivity index (χ2v) is 6.10. The highest BCUT2D eigenvalue weighted by molar-refractivity contribution is 5.32. The summed E-state index contributed by atoms with van der Waals surface area (Å²) in [5.74, 6) is 1.03. The zero-order valence-corrected chi connectivity index (χ0v) is 13.1. The van der Waals surface area contributed by atoms with Crippen LogP contribution < -0.4 is 15.0 Å². The van der Waals surface area contributed by atoms with Gasteiger partial charge < -0.3 is 15.0 Å². The minimum atomic E-state index is 0.853. The first kappa shape index (κ1) is 15.3. The zero-order chi connectivity index (χ0) is 14.2. The molecule has 1 saturated heterocycles. The largest absolute Gasteiger partial charge is 0.494 e. The van der Waals surface area contributed by atoms with Crippen LogP contribution in [-0.4, -0.2) is 39.3 Å². The van der Waals surface area contributed by atoms with Crippen LogP contribution in [0.1, 0.15) is 30.4 Å². The number of ether oxygens (including phenoxy) is 1. The molecule has 2 rings (SSSR count). The van der Waals surface area contributed by atoms with Crippen molar-refractivity contribution in [1.29, 1.82) is 0 Å². The molecule has 0 radical (unpaired) electrons. The van der Waals surface area contributed by atoms with Crippen molar-refractivity contribution in [1.82, 2.24) is 0 Å². The van der Waals surface area contributed by atoms with E-state index < -0.39 is 0 Å². The first-order chi connectivity index (χ1) is 9.74. The van der Waals surface area contributed by atoms with Gasteiger partial charge in [0.2, 0.25) is 0 Å². The number of hydrogen-bond donors (Lipinski definition) is 2. The molecule has 0 atom stereocenters. The quantitative estimate of drug-likeness (QED) is 0.691. The minimum Gasteiger partial charge on any atom is -0.494 e. The van der Waals surface area contributed by atoms with Crippen LogP contribution >= 0.6 is 0 Å². The van der Waals surface area contributed by atoms with Gasteiger partial charge in [0.05, 0.1) is 13.2 Å². The molecule has 20 heavy (non-hydrogen) atoms. The van der Waals surface area contributed by atoms with E-state index in [-0.39, 0.29) is 0 Å². The maximum absolute atomic E-state index is 5.85. The summed E-state index contributed by atoms with van der Waals surface area (Å²) in [6, 6.07) is 6.44. The lowest BCUT2D eigenvalue weighted by molar-refractivity contribution is -0.946. The van der Waals surface area contributed by atoms with Crippen molar-refractivity contribution in [2.45, 2.75) is 33.1 Å². The van der Waals surface area contributed by atoms with Crippen molar-refractivity contribution in [2.75, 3.05) is 39.3 Å². The van der Waals surface area contributed by atoms with Gasteiger partial charge in [0.25, 0.3) is 0 Å². The number of piperazine rings is 1. The topological polar surface area (TPSA) is 30.3 Å². The molecule has 1 aliphatic rings. The lowest BCUT2D eigenvalue weighted by Crippen LogP contribution is -3.20. The molecule has 112 valence electrons. The van der Waals surface area contributed by atoms with Gasteiger partial charge in [-0.3, -0.25) is 0 Å². The van der Waals surface area contributed by atoms with Crippen LogP contribution in [0.3, 0.4) is 0 Å². The van der Waals surface area contributed by atoms with Crippen molar-refractivity contribution in [3.8, 4) is 5.75 Å². The molecule has 0 amide bonds. The van der Waals surface area contributed by atoms with Gasteiger partial charge in [-0.1, -0.05) is 6.07 Å². The van der Waals surface area contributed by atoms with E-state index in [0.717, 1.165) is 12.4 Å². The molecule has 0 unspecified atom stereocenters. The third-order valence-electron chi connectivity index (χ3n) is 4.04. The molecule has 0 aliphatic carbocycles. The van der Waals surface area contributed by atoms with Gasteiger partial charge in [-0.2, -0.15) is 0 Å². The number of hydrogen-bond acceptors (Lipinski definition) is 1. The maximum Gasteiger partial charge on any atom is 0.127 e. The fraction of sp³-hybridized carbons (Fsp3) is 0.647. The van der Waals surface area contributed by atoms with Crippen LogP contribution in [0.2, 0.25) is 0 Å². The van der Waals surface area contributed by atoms with Crippen molar-refractivity contribution >= 4 is 0 Å². The Labute approximate surface area is 123 Å². The highest BCUT2D eigenvalue weighted by Gasteiger charge is 2.14. The summed E-state index contributed by atoms with van der Waals surface area (Å²) in [6.45, 7) is 11.8. The number of rotatable bonds is 7. The molecule has 1 aromatic rings. The first-order valence-electron chi connectivity index (χ1n) is 8.10. The average molecular weight is 278 g/mol. The van der Waals surface area contributed by atoms with E-state index in [1.165, 1.54) is 63.1 Å². The molecule has 3 heteroatoms. The van der Waals surface area contributed by atoms with Gasteiger partial charge >= 0.3 is 0 Å². The van der Waals surface area contributed by atoms with Crippen LogP contribution in [0.25, 0.3) is 0 Å². The summed E-state index contributed by atoms with van der Waals surface area (Å²) in [7, 11) is 0. The normalized spacial score (nSPS) is 16.3. The van der Waals surface area contributed by atoms with Gasteiger partial charge in [-0.25, -0.2) is 0 Å². The predicted octanol–water partition coefficient (Wildman–Crippen LogP) is 0.314. The van der Waals surface area contributed by atoms with Gasteiger partial charge in [0, 0.05) is 0 Å². The number of unbranched alkanes of at least 4 members (excludes halogenated alkanes) is 2. The summed E-state index contributed by atoms with van der Waals surface area (Å²) in [4.78, 5) is 1.79. The second-order valence-electron chi connectivity index (χ2n) is 6.10. The maximum atomic E-state index is 5.85. The van der Waals surface area contributed by atoms with Crippen molar-refractivity contribution in [2.24, 2.45) is 0 Å². The van der Waals surface area contributed by atoms with E-state index in [0.29, 0.717) is 0 Å². The molecule has 1 aliphatic heterocycles. The number of quaternary nitrogens is 2. The second kappa shape index (κ2) is 8.28. The standard InChI is InChI=1S/C17H28N2O/c1-15-12-16(2)14-17(13-15)20-11-5-3-4-8-19-9-6-18-7-10-19/h12-14,18H,3-11H2,1-2H3/p+2. The Bertz CT molecular complexity index is 380. The van der Waals surface area contributed by atoms with E-state index in [1.807, 2.05) is 0 Å². The molecule has 3 N–H and O–H groups in total. The van der Waals surface area contributed by atoms with E-state index in [9.17, 15) is 0 Å². The van der Waals surface area contributed by atoms with Crippen LogP contribution in [0.5, 0.6) is 5.75 Å². The highest BCUT2D eigenvalue weighted by atomic mass is 16.5. The Morgan fingerprint density at radius 2 is 1.70 bits per heavy atom. The number of nitrogens with one attached hydrogen (secondary N) is 1. The molecule has 0 spiro atoms. The summed E-state index contributed by atoms with van der Waals surface area (Å²) >= 11 is 0. The minimum absolute atomic E-state index is 0.853. The molecular weight excluding hydrogens is 248 g/mol. The van der Waals surface area contributed by atoms with Crippen molar-refractivity contribution in [3.63, 3.8) is 0 Å². The third kappa shape index (κ3) is 5.51. The number of nitrogens with two attached hydrogens (primary N) is 1. The zero-order valence-electron chi connectivity index (χ0n) is 13.1. The van der Waals surface area contributed by atoms with Crippen LogP contribution in [0.4, 0.5) is 0 Å². The molecular formula is C17H30N2O+2.